The van der Waals surface area contributed by atoms with Crippen LogP contribution in [0.5, 0.6) is 0 Å². The fraction of sp³-hybridized carbons (Fsp3) is 0.545. The van der Waals surface area contributed by atoms with E-state index >= 15 is 0 Å². The Hall–Kier alpha value is -1.11. The van der Waals surface area contributed by atoms with Gasteiger partial charge in [0.15, 0.2) is 4.80 Å². The van der Waals surface area contributed by atoms with Crippen molar-refractivity contribution in [3.63, 3.8) is 0 Å². The molecule has 1 aliphatic carbocycles. The normalized spacial score (nSPS) is 15.2. The van der Waals surface area contributed by atoms with Gasteiger partial charge in [0.25, 0.3) is 0 Å². The number of carbonyl (C=O) groups excluding carboxylic acids is 1. The largest absolute Gasteiger partial charge is 0.352 e. The minimum atomic E-state index is 0. The SMILES string of the molecule is CCCCn1c(CC(=O)NCc2ccc(Br)cc2)csc1=NC1CCCCC1.Cl. The predicted octanol–water partition coefficient (Wildman–Crippen LogP) is 5.63. The van der Waals surface area contributed by atoms with E-state index in [-0.39, 0.29) is 18.3 Å². The zero-order valence-corrected chi connectivity index (χ0v) is 20.3. The third kappa shape index (κ3) is 7.58. The number of nitrogens with one attached hydrogen (secondary N) is 1. The Kier molecular flexibility index (Phi) is 10.5. The lowest BCUT2D eigenvalue weighted by molar-refractivity contribution is -0.120. The first-order valence-corrected chi connectivity index (χ1v) is 12.0. The van der Waals surface area contributed by atoms with Gasteiger partial charge in [-0.2, -0.15) is 0 Å². The van der Waals surface area contributed by atoms with E-state index in [9.17, 15) is 4.79 Å². The molecule has 1 fully saturated rings. The van der Waals surface area contributed by atoms with Gasteiger partial charge in [0.1, 0.15) is 0 Å². The van der Waals surface area contributed by atoms with Crippen LogP contribution in [0.2, 0.25) is 0 Å². The number of nitrogens with zero attached hydrogens (tertiary/aromatic N) is 2. The molecule has 0 aliphatic heterocycles. The molecule has 1 aliphatic rings. The van der Waals surface area contributed by atoms with Gasteiger partial charge < -0.3 is 9.88 Å². The molecule has 0 radical (unpaired) electrons. The van der Waals surface area contributed by atoms with Crippen molar-refractivity contribution in [2.45, 2.75) is 77.4 Å². The Morgan fingerprint density at radius 3 is 2.66 bits per heavy atom. The maximum Gasteiger partial charge on any atom is 0.226 e. The van der Waals surface area contributed by atoms with Crippen molar-refractivity contribution in [1.29, 1.82) is 0 Å². The first-order valence-electron chi connectivity index (χ1n) is 10.4. The van der Waals surface area contributed by atoms with Crippen molar-refractivity contribution in [2.24, 2.45) is 4.99 Å². The molecule has 1 aromatic carbocycles. The van der Waals surface area contributed by atoms with E-state index in [4.69, 9.17) is 4.99 Å². The Bertz CT molecular complexity index is 825. The quantitative estimate of drug-likeness (QED) is 0.502. The Balaban J connectivity index is 0.00000300. The van der Waals surface area contributed by atoms with Crippen LogP contribution >= 0.6 is 39.7 Å². The molecule has 0 atom stereocenters. The molecule has 0 saturated heterocycles. The highest BCUT2D eigenvalue weighted by molar-refractivity contribution is 9.10. The van der Waals surface area contributed by atoms with Crippen LogP contribution in [0.25, 0.3) is 0 Å². The van der Waals surface area contributed by atoms with Crippen molar-refractivity contribution in [2.75, 3.05) is 0 Å². The molecule has 1 aromatic heterocycles. The number of amides is 1. The molecule has 3 rings (SSSR count). The lowest BCUT2D eigenvalue weighted by atomic mass is 9.96. The molecule has 7 heteroatoms. The second kappa shape index (κ2) is 12.6. The summed E-state index contributed by atoms with van der Waals surface area (Å²) in [5, 5.41) is 5.17. The number of hydrogen-bond donors (Lipinski definition) is 1. The summed E-state index contributed by atoms with van der Waals surface area (Å²) in [6.45, 7) is 3.71. The number of hydrogen-bond acceptors (Lipinski definition) is 3. The smallest absolute Gasteiger partial charge is 0.226 e. The maximum atomic E-state index is 12.5. The molecule has 0 unspecified atom stereocenters. The van der Waals surface area contributed by atoms with Crippen molar-refractivity contribution in [1.82, 2.24) is 9.88 Å². The summed E-state index contributed by atoms with van der Waals surface area (Å²) >= 11 is 5.13. The van der Waals surface area contributed by atoms with E-state index in [1.165, 1.54) is 32.1 Å². The van der Waals surface area contributed by atoms with Crippen LogP contribution in [-0.4, -0.2) is 16.5 Å². The van der Waals surface area contributed by atoms with E-state index in [1.807, 2.05) is 24.3 Å². The molecule has 1 heterocycles. The highest BCUT2D eigenvalue weighted by atomic mass is 79.9. The fourth-order valence-corrected chi connectivity index (χ4v) is 4.82. The van der Waals surface area contributed by atoms with Crippen molar-refractivity contribution >= 4 is 45.6 Å². The number of unbranched alkanes of at least 4 members (excludes halogenated alkanes) is 1. The lowest BCUT2D eigenvalue weighted by Crippen LogP contribution is -2.28. The van der Waals surface area contributed by atoms with E-state index in [0.717, 1.165) is 39.9 Å². The maximum absolute atomic E-state index is 12.5. The summed E-state index contributed by atoms with van der Waals surface area (Å²) in [6.07, 6.45) is 9.00. The van der Waals surface area contributed by atoms with Gasteiger partial charge in [-0.3, -0.25) is 9.79 Å². The molecule has 4 nitrogen and oxygen atoms in total. The van der Waals surface area contributed by atoms with Crippen molar-refractivity contribution in [3.05, 3.63) is 50.2 Å². The van der Waals surface area contributed by atoms with Crippen LogP contribution in [0.4, 0.5) is 0 Å². The minimum Gasteiger partial charge on any atom is -0.352 e. The zero-order valence-electron chi connectivity index (χ0n) is 17.0. The van der Waals surface area contributed by atoms with Crippen LogP contribution in [0.3, 0.4) is 0 Å². The first-order chi connectivity index (χ1) is 13.7. The number of benzene rings is 1. The summed E-state index contributed by atoms with van der Waals surface area (Å²) in [6, 6.07) is 8.50. The molecular weight excluding hydrogens is 470 g/mol. The number of rotatable bonds is 8. The van der Waals surface area contributed by atoms with Gasteiger partial charge in [0.05, 0.1) is 12.5 Å². The first kappa shape index (κ1) is 24.2. The molecule has 0 bridgehead atoms. The third-order valence-corrected chi connectivity index (χ3v) is 6.68. The van der Waals surface area contributed by atoms with Crippen molar-refractivity contribution in [3.8, 4) is 0 Å². The summed E-state index contributed by atoms with van der Waals surface area (Å²) < 4.78 is 3.33. The number of halogens is 2. The molecule has 160 valence electrons. The standard InChI is InChI=1S/C22H30BrN3OS.ClH/c1-2-3-13-26-20(16-28-22(26)25-19-7-5-4-6-8-19)14-21(27)24-15-17-9-11-18(23)12-10-17;/h9-12,16,19H,2-8,13-15H2,1H3,(H,24,27);1H. The Morgan fingerprint density at radius 1 is 1.24 bits per heavy atom. The van der Waals surface area contributed by atoms with Crippen LogP contribution in [0.1, 0.15) is 63.1 Å². The molecule has 29 heavy (non-hydrogen) atoms. The van der Waals surface area contributed by atoms with Gasteiger partial charge in [0.2, 0.25) is 5.91 Å². The predicted molar refractivity (Wildman–Crippen MR) is 127 cm³/mol. The Morgan fingerprint density at radius 2 is 1.97 bits per heavy atom. The van der Waals surface area contributed by atoms with Gasteiger partial charge >= 0.3 is 0 Å². The lowest BCUT2D eigenvalue weighted by Gasteiger charge is -2.17. The second-order valence-corrected chi connectivity index (χ2v) is 9.27. The molecule has 1 saturated carbocycles. The van der Waals surface area contributed by atoms with Gasteiger partial charge in [-0.15, -0.1) is 23.7 Å². The van der Waals surface area contributed by atoms with E-state index < -0.39 is 0 Å². The van der Waals surface area contributed by atoms with E-state index in [0.29, 0.717) is 19.0 Å². The van der Waals surface area contributed by atoms with Gasteiger partial charge in [0, 0.05) is 28.6 Å². The van der Waals surface area contributed by atoms with Gasteiger partial charge in [-0.05, 0) is 37.0 Å². The van der Waals surface area contributed by atoms with Crippen LogP contribution in [0, 0.1) is 0 Å². The zero-order chi connectivity index (χ0) is 19.8. The second-order valence-electron chi connectivity index (χ2n) is 7.52. The summed E-state index contributed by atoms with van der Waals surface area (Å²) in [5.41, 5.74) is 2.19. The summed E-state index contributed by atoms with van der Waals surface area (Å²) in [4.78, 5) is 18.7. The molecule has 2 aromatic rings. The van der Waals surface area contributed by atoms with Crippen molar-refractivity contribution < 1.29 is 4.79 Å². The van der Waals surface area contributed by atoms with Crippen LogP contribution < -0.4 is 10.1 Å². The van der Waals surface area contributed by atoms with Gasteiger partial charge in [-0.1, -0.05) is 60.7 Å². The third-order valence-electron chi connectivity index (χ3n) is 5.23. The monoisotopic (exact) mass is 499 g/mol. The molecule has 1 N–H and O–H groups in total. The van der Waals surface area contributed by atoms with Gasteiger partial charge in [-0.25, -0.2) is 0 Å². The number of aromatic nitrogens is 1. The Labute approximate surface area is 192 Å². The summed E-state index contributed by atoms with van der Waals surface area (Å²) in [5.74, 6) is 0.0650. The van der Waals surface area contributed by atoms with E-state index in [2.05, 4.69) is 38.1 Å². The minimum absolute atomic E-state index is 0. The van der Waals surface area contributed by atoms with E-state index in [1.54, 1.807) is 11.3 Å². The highest BCUT2D eigenvalue weighted by Crippen LogP contribution is 2.20. The number of thiazole rings is 1. The molecular formula is C22H31BrClN3OS. The van der Waals surface area contributed by atoms with Crippen LogP contribution in [0.15, 0.2) is 39.1 Å². The summed E-state index contributed by atoms with van der Waals surface area (Å²) in [7, 11) is 0. The van der Waals surface area contributed by atoms with Crippen LogP contribution in [-0.2, 0) is 24.3 Å². The molecule has 1 amide bonds. The molecule has 0 spiro atoms. The average Bonchev–Trinajstić information content (AvgIpc) is 3.07. The highest BCUT2D eigenvalue weighted by Gasteiger charge is 2.14. The number of carbonyl (C=O) groups is 1. The fourth-order valence-electron chi connectivity index (χ4n) is 3.56. The topological polar surface area (TPSA) is 46.4 Å². The average molecular weight is 501 g/mol.